The number of nitrogens with zero attached hydrogens (tertiary/aromatic N) is 4. The van der Waals surface area contributed by atoms with Gasteiger partial charge in [-0.15, -0.1) is 0 Å². The number of carbonyl (C=O) groups excluding carboxylic acids is 1. The maximum absolute atomic E-state index is 13.7. The third-order valence-electron chi connectivity index (χ3n) is 6.28. The summed E-state index contributed by atoms with van der Waals surface area (Å²) in [4.78, 5) is 19.4. The van der Waals surface area contributed by atoms with Gasteiger partial charge in [-0.25, -0.2) is 4.98 Å². The minimum Gasteiger partial charge on any atom is -0.357 e. The molecule has 0 unspecified atom stereocenters. The minimum absolute atomic E-state index is 0.0718. The average Bonchev–Trinajstić information content (AvgIpc) is 3.49. The SMILES string of the molecule is Cc1cc(CN)cc(C)c1CNC(=O)c1cn(Cc2ccc(N3CCCC3)nc2)nc1C(F)(F)F. The molecule has 0 aliphatic carbocycles. The molecule has 3 heterocycles. The lowest BCUT2D eigenvalue weighted by atomic mass is 9.99. The third-order valence-corrected chi connectivity index (χ3v) is 6.28. The first-order chi connectivity index (χ1) is 16.7. The quantitative estimate of drug-likeness (QED) is 0.528. The molecule has 0 saturated carbocycles. The summed E-state index contributed by atoms with van der Waals surface area (Å²) in [5, 5.41) is 6.31. The van der Waals surface area contributed by atoms with E-state index in [0.29, 0.717) is 12.1 Å². The minimum atomic E-state index is -4.76. The molecule has 186 valence electrons. The lowest BCUT2D eigenvalue weighted by Crippen LogP contribution is -2.26. The molecule has 1 aromatic carbocycles. The number of aryl methyl sites for hydroxylation is 2. The van der Waals surface area contributed by atoms with Crippen LogP contribution in [0.3, 0.4) is 0 Å². The maximum atomic E-state index is 13.7. The van der Waals surface area contributed by atoms with Crippen LogP contribution in [0.25, 0.3) is 0 Å². The number of benzene rings is 1. The second-order valence-electron chi connectivity index (χ2n) is 8.90. The van der Waals surface area contributed by atoms with Crippen LogP contribution in [0.15, 0.2) is 36.7 Å². The van der Waals surface area contributed by atoms with Gasteiger partial charge in [0.2, 0.25) is 0 Å². The Bertz CT molecular complexity index is 1170. The molecule has 3 aromatic rings. The Labute approximate surface area is 202 Å². The van der Waals surface area contributed by atoms with E-state index in [2.05, 4.69) is 20.3 Å². The van der Waals surface area contributed by atoms with Gasteiger partial charge < -0.3 is 16.0 Å². The van der Waals surface area contributed by atoms with Crippen molar-refractivity contribution in [2.45, 2.75) is 52.5 Å². The Hall–Kier alpha value is -3.40. The van der Waals surface area contributed by atoms with E-state index in [9.17, 15) is 18.0 Å². The van der Waals surface area contributed by atoms with Gasteiger partial charge >= 0.3 is 6.18 Å². The van der Waals surface area contributed by atoms with Crippen LogP contribution in [-0.2, 0) is 25.8 Å². The Balaban J connectivity index is 1.50. The molecule has 3 N–H and O–H groups in total. The number of halogens is 3. The molecule has 0 spiro atoms. The lowest BCUT2D eigenvalue weighted by molar-refractivity contribution is -0.141. The van der Waals surface area contributed by atoms with Gasteiger partial charge in [-0.3, -0.25) is 9.48 Å². The number of anilines is 1. The van der Waals surface area contributed by atoms with Crippen molar-refractivity contribution in [1.82, 2.24) is 20.1 Å². The number of aromatic nitrogens is 3. The molecule has 7 nitrogen and oxygen atoms in total. The van der Waals surface area contributed by atoms with Gasteiger partial charge in [-0.2, -0.15) is 18.3 Å². The summed E-state index contributed by atoms with van der Waals surface area (Å²) in [6.45, 7) is 6.24. The van der Waals surface area contributed by atoms with E-state index < -0.39 is 23.3 Å². The van der Waals surface area contributed by atoms with Gasteiger partial charge in [-0.05, 0) is 60.6 Å². The summed E-state index contributed by atoms with van der Waals surface area (Å²) in [7, 11) is 0. The smallest absolute Gasteiger partial charge is 0.357 e. The van der Waals surface area contributed by atoms with Gasteiger partial charge in [0.1, 0.15) is 5.82 Å². The molecule has 0 atom stereocenters. The van der Waals surface area contributed by atoms with Crippen molar-refractivity contribution in [2.24, 2.45) is 5.73 Å². The number of nitrogens with one attached hydrogen (secondary N) is 1. The highest BCUT2D eigenvalue weighted by Crippen LogP contribution is 2.31. The van der Waals surface area contributed by atoms with Crippen molar-refractivity contribution >= 4 is 11.7 Å². The Morgan fingerprint density at radius 1 is 1.11 bits per heavy atom. The van der Waals surface area contributed by atoms with Gasteiger partial charge in [0.05, 0.1) is 12.1 Å². The molecule has 1 amide bonds. The van der Waals surface area contributed by atoms with Crippen molar-refractivity contribution in [1.29, 1.82) is 0 Å². The zero-order chi connectivity index (χ0) is 25.2. The van der Waals surface area contributed by atoms with Crippen LogP contribution in [0.2, 0.25) is 0 Å². The van der Waals surface area contributed by atoms with Gasteiger partial charge in [0, 0.05) is 38.6 Å². The summed E-state index contributed by atoms with van der Waals surface area (Å²) in [5.41, 5.74) is 8.32. The first-order valence-corrected chi connectivity index (χ1v) is 11.6. The van der Waals surface area contributed by atoms with E-state index in [1.807, 2.05) is 38.1 Å². The van der Waals surface area contributed by atoms with Crippen LogP contribution in [-0.4, -0.2) is 33.8 Å². The van der Waals surface area contributed by atoms with Gasteiger partial charge in [-0.1, -0.05) is 18.2 Å². The number of rotatable bonds is 7. The van der Waals surface area contributed by atoms with Crippen LogP contribution in [0, 0.1) is 13.8 Å². The summed E-state index contributed by atoms with van der Waals surface area (Å²) in [5.74, 6) is 0.0284. The van der Waals surface area contributed by atoms with Crippen LogP contribution in [0.1, 0.15) is 56.7 Å². The Morgan fingerprint density at radius 2 is 1.80 bits per heavy atom. The normalized spacial score (nSPS) is 13.9. The highest BCUT2D eigenvalue weighted by atomic mass is 19.4. The molecule has 35 heavy (non-hydrogen) atoms. The van der Waals surface area contributed by atoms with Crippen molar-refractivity contribution < 1.29 is 18.0 Å². The molecule has 1 aliphatic heterocycles. The fourth-order valence-electron chi connectivity index (χ4n) is 4.45. The van der Waals surface area contributed by atoms with E-state index in [1.54, 1.807) is 6.20 Å². The largest absolute Gasteiger partial charge is 0.435 e. The molecule has 1 saturated heterocycles. The second kappa shape index (κ2) is 10.1. The second-order valence-corrected chi connectivity index (χ2v) is 8.90. The first kappa shape index (κ1) is 24.7. The molecule has 1 aliphatic rings. The zero-order valence-electron chi connectivity index (χ0n) is 19.8. The molecule has 0 radical (unpaired) electrons. The monoisotopic (exact) mass is 486 g/mol. The summed E-state index contributed by atoms with van der Waals surface area (Å²) >= 11 is 0. The molecule has 0 bridgehead atoms. The van der Waals surface area contributed by atoms with Crippen LogP contribution in [0.5, 0.6) is 0 Å². The molecule has 1 fully saturated rings. The maximum Gasteiger partial charge on any atom is 0.435 e. The molecule has 4 rings (SSSR count). The zero-order valence-corrected chi connectivity index (χ0v) is 19.8. The highest BCUT2D eigenvalue weighted by molar-refractivity contribution is 5.95. The standard InChI is InChI=1S/C25H29F3N6O/c1-16-9-19(11-29)10-17(2)20(16)13-31-24(35)21-15-34(32-23(21)25(26,27)28)14-18-5-6-22(30-12-18)33-7-3-4-8-33/h5-6,9-10,12,15H,3-4,7-8,11,13-14,29H2,1-2H3,(H,31,35). The predicted molar refractivity (Wildman–Crippen MR) is 127 cm³/mol. The Kier molecular flexibility index (Phi) is 7.11. The molecule has 10 heteroatoms. The fourth-order valence-corrected chi connectivity index (χ4v) is 4.45. The summed E-state index contributed by atoms with van der Waals surface area (Å²) in [6.07, 6.45) is 0.271. The summed E-state index contributed by atoms with van der Waals surface area (Å²) in [6, 6.07) is 7.52. The molecular formula is C25H29F3N6O. The van der Waals surface area contributed by atoms with Crippen molar-refractivity contribution in [3.05, 3.63) is 75.7 Å². The Morgan fingerprint density at radius 3 is 2.37 bits per heavy atom. The predicted octanol–water partition coefficient (Wildman–Crippen LogP) is 3.95. The van der Waals surface area contributed by atoms with E-state index in [4.69, 9.17) is 5.73 Å². The lowest BCUT2D eigenvalue weighted by Gasteiger charge is -2.16. The van der Waals surface area contributed by atoms with Crippen LogP contribution in [0.4, 0.5) is 19.0 Å². The molecule has 2 aromatic heterocycles. The number of nitrogens with two attached hydrogens (primary N) is 1. The van der Waals surface area contributed by atoms with Crippen molar-refractivity contribution in [2.75, 3.05) is 18.0 Å². The molecular weight excluding hydrogens is 457 g/mol. The fraction of sp³-hybridized carbons (Fsp3) is 0.400. The van der Waals surface area contributed by atoms with Crippen LogP contribution < -0.4 is 16.0 Å². The number of pyridine rings is 1. The van der Waals surface area contributed by atoms with E-state index >= 15 is 0 Å². The number of amides is 1. The first-order valence-electron chi connectivity index (χ1n) is 11.6. The number of hydrogen-bond donors (Lipinski definition) is 2. The average molecular weight is 487 g/mol. The van der Waals surface area contributed by atoms with E-state index in [0.717, 1.165) is 64.9 Å². The van der Waals surface area contributed by atoms with Crippen molar-refractivity contribution in [3.63, 3.8) is 0 Å². The topological polar surface area (TPSA) is 89.1 Å². The summed E-state index contributed by atoms with van der Waals surface area (Å²) < 4.78 is 42.2. The number of carbonyl (C=O) groups is 1. The van der Waals surface area contributed by atoms with Gasteiger partial charge in [0.25, 0.3) is 5.91 Å². The van der Waals surface area contributed by atoms with Crippen molar-refractivity contribution in [3.8, 4) is 0 Å². The van der Waals surface area contributed by atoms with Crippen LogP contribution >= 0.6 is 0 Å². The highest BCUT2D eigenvalue weighted by Gasteiger charge is 2.39. The number of hydrogen-bond acceptors (Lipinski definition) is 5. The number of alkyl halides is 3. The van der Waals surface area contributed by atoms with Gasteiger partial charge in [0.15, 0.2) is 5.69 Å². The van der Waals surface area contributed by atoms with E-state index in [1.165, 1.54) is 0 Å². The third kappa shape index (κ3) is 5.64. The van der Waals surface area contributed by atoms with E-state index in [-0.39, 0.29) is 13.1 Å².